The molecule has 0 amide bonds. The van der Waals surface area contributed by atoms with Crippen molar-refractivity contribution < 1.29 is 4.74 Å². The van der Waals surface area contributed by atoms with Gasteiger partial charge in [-0.15, -0.1) is 0 Å². The molecule has 1 aliphatic carbocycles. The molecule has 0 unspecified atom stereocenters. The highest BCUT2D eigenvalue weighted by Gasteiger charge is 2.15. The van der Waals surface area contributed by atoms with E-state index in [1.165, 1.54) is 32.1 Å². The highest BCUT2D eigenvalue weighted by Crippen LogP contribution is 2.21. The first-order valence-corrected chi connectivity index (χ1v) is 5.50. The Morgan fingerprint density at radius 3 is 2.86 bits per heavy atom. The van der Waals surface area contributed by atoms with Crippen LogP contribution < -0.4 is 0 Å². The van der Waals surface area contributed by atoms with Gasteiger partial charge < -0.3 is 4.74 Å². The van der Waals surface area contributed by atoms with E-state index in [9.17, 15) is 0 Å². The summed E-state index contributed by atoms with van der Waals surface area (Å²) in [6, 6.07) is 0. The minimum Gasteiger partial charge on any atom is -0.477 e. The molecule has 2 nitrogen and oxygen atoms in total. The number of hydrogen-bond acceptors (Lipinski definition) is 2. The average molecular weight is 191 g/mol. The third-order valence-corrected chi connectivity index (χ3v) is 2.70. The predicted octanol–water partition coefficient (Wildman–Crippen LogP) is 3.21. The van der Waals surface area contributed by atoms with Gasteiger partial charge in [-0.05, 0) is 31.8 Å². The van der Waals surface area contributed by atoms with Gasteiger partial charge in [0, 0.05) is 12.6 Å². The molecule has 2 heteroatoms. The van der Waals surface area contributed by atoms with Crippen LogP contribution in [0.25, 0.3) is 0 Å². The zero-order valence-electron chi connectivity index (χ0n) is 8.48. The van der Waals surface area contributed by atoms with Crippen molar-refractivity contribution in [2.75, 3.05) is 0 Å². The number of ether oxygens (including phenoxy) is 1. The maximum Gasteiger partial charge on any atom is 0.191 e. The Labute approximate surface area is 85.4 Å². The van der Waals surface area contributed by atoms with Crippen molar-refractivity contribution in [1.29, 1.82) is 0 Å². The summed E-state index contributed by atoms with van der Waals surface area (Å²) in [5.74, 6) is 0.877. The molecular weight excluding hydrogens is 174 g/mol. The van der Waals surface area contributed by atoms with Gasteiger partial charge in [-0.1, -0.05) is 18.6 Å². The van der Waals surface area contributed by atoms with Crippen molar-refractivity contribution in [3.63, 3.8) is 0 Å². The lowest BCUT2D eigenvalue weighted by Crippen LogP contribution is -2.20. The lowest BCUT2D eigenvalue weighted by Gasteiger charge is -2.23. The third kappa shape index (κ3) is 2.72. The first-order chi connectivity index (χ1) is 6.95. The summed E-state index contributed by atoms with van der Waals surface area (Å²) in [5, 5.41) is 0. The zero-order chi connectivity index (χ0) is 9.64. The van der Waals surface area contributed by atoms with Gasteiger partial charge in [0.1, 0.15) is 6.10 Å². The van der Waals surface area contributed by atoms with Gasteiger partial charge >= 0.3 is 0 Å². The fraction of sp³-hybridized carbons (Fsp3) is 0.583. The van der Waals surface area contributed by atoms with Crippen LogP contribution in [0.4, 0.5) is 0 Å². The number of allylic oxidation sites excluding steroid dienone is 2. The topological polar surface area (TPSA) is 21.6 Å². The van der Waals surface area contributed by atoms with Crippen LogP contribution in [0.5, 0.6) is 0 Å². The standard InChI is InChI=1S/C12H17NO/c1-3-7-11(8-4-1)14-12-9-5-2-6-10-13-12/h2,5-6,10-11H,1,3-4,7-9H2. The van der Waals surface area contributed by atoms with E-state index >= 15 is 0 Å². The highest BCUT2D eigenvalue weighted by atomic mass is 16.5. The van der Waals surface area contributed by atoms with Gasteiger partial charge in [0.2, 0.25) is 0 Å². The summed E-state index contributed by atoms with van der Waals surface area (Å²) in [5.41, 5.74) is 0. The van der Waals surface area contributed by atoms with Gasteiger partial charge in [-0.25, -0.2) is 4.99 Å². The molecule has 0 bridgehead atoms. The second-order valence-electron chi connectivity index (χ2n) is 3.87. The Morgan fingerprint density at radius 1 is 1.14 bits per heavy atom. The highest BCUT2D eigenvalue weighted by molar-refractivity contribution is 5.78. The molecule has 14 heavy (non-hydrogen) atoms. The van der Waals surface area contributed by atoms with Crippen molar-refractivity contribution in [2.45, 2.75) is 44.6 Å². The largest absolute Gasteiger partial charge is 0.477 e. The van der Waals surface area contributed by atoms with Gasteiger partial charge in [0.05, 0.1) is 0 Å². The second-order valence-corrected chi connectivity index (χ2v) is 3.87. The molecule has 0 N–H and O–H groups in total. The van der Waals surface area contributed by atoms with Crippen molar-refractivity contribution in [2.24, 2.45) is 4.99 Å². The summed E-state index contributed by atoms with van der Waals surface area (Å²) < 4.78 is 5.86. The molecule has 2 aliphatic rings. The monoisotopic (exact) mass is 191 g/mol. The molecule has 2 rings (SSSR count). The number of nitrogens with zero attached hydrogens (tertiary/aromatic N) is 1. The van der Waals surface area contributed by atoms with Crippen LogP contribution >= 0.6 is 0 Å². The van der Waals surface area contributed by atoms with E-state index in [4.69, 9.17) is 4.74 Å². The Morgan fingerprint density at radius 2 is 2.00 bits per heavy atom. The Bertz CT molecular complexity index is 259. The summed E-state index contributed by atoms with van der Waals surface area (Å²) in [4.78, 5) is 4.27. The first kappa shape index (κ1) is 9.50. The molecule has 0 atom stereocenters. The summed E-state index contributed by atoms with van der Waals surface area (Å²) >= 11 is 0. The molecular formula is C12H17NO. The van der Waals surface area contributed by atoms with Gasteiger partial charge in [0.25, 0.3) is 0 Å². The SMILES string of the molecule is C1=CCC(OC2CCCCC2)=NC=C1. The van der Waals surface area contributed by atoms with Crippen LogP contribution in [0.3, 0.4) is 0 Å². The van der Waals surface area contributed by atoms with Crippen LogP contribution in [0.1, 0.15) is 38.5 Å². The zero-order valence-corrected chi connectivity index (χ0v) is 8.48. The maximum absolute atomic E-state index is 5.86. The Balaban J connectivity index is 1.86. The van der Waals surface area contributed by atoms with Crippen molar-refractivity contribution in [3.8, 4) is 0 Å². The quantitative estimate of drug-likeness (QED) is 0.623. The lowest BCUT2D eigenvalue weighted by atomic mass is 9.98. The summed E-state index contributed by atoms with van der Waals surface area (Å²) in [6.07, 6.45) is 15.5. The Hall–Kier alpha value is -1.05. The lowest BCUT2D eigenvalue weighted by molar-refractivity contribution is 0.140. The number of rotatable bonds is 1. The minimum absolute atomic E-state index is 0.419. The minimum atomic E-state index is 0.419. The van der Waals surface area contributed by atoms with Crippen molar-refractivity contribution >= 4 is 5.90 Å². The van der Waals surface area contributed by atoms with E-state index in [0.717, 1.165) is 12.3 Å². The van der Waals surface area contributed by atoms with Crippen LogP contribution in [0.15, 0.2) is 29.4 Å². The molecule has 0 aromatic rings. The molecule has 76 valence electrons. The van der Waals surface area contributed by atoms with Crippen LogP contribution in [0.2, 0.25) is 0 Å². The Kier molecular flexibility index (Phi) is 3.39. The van der Waals surface area contributed by atoms with E-state index in [0.29, 0.717) is 6.10 Å². The van der Waals surface area contributed by atoms with Crippen molar-refractivity contribution in [1.82, 2.24) is 0 Å². The van der Waals surface area contributed by atoms with E-state index in [1.807, 2.05) is 18.4 Å². The van der Waals surface area contributed by atoms with Crippen molar-refractivity contribution in [3.05, 3.63) is 24.4 Å². The molecule has 0 radical (unpaired) electrons. The van der Waals surface area contributed by atoms with E-state index in [1.54, 1.807) is 0 Å². The third-order valence-electron chi connectivity index (χ3n) is 2.70. The summed E-state index contributed by atoms with van der Waals surface area (Å²) in [6.45, 7) is 0. The maximum atomic E-state index is 5.86. The molecule has 1 heterocycles. The predicted molar refractivity (Wildman–Crippen MR) is 58.3 cm³/mol. The molecule has 1 aliphatic heterocycles. The van der Waals surface area contributed by atoms with E-state index in [2.05, 4.69) is 11.1 Å². The van der Waals surface area contributed by atoms with E-state index < -0.39 is 0 Å². The summed E-state index contributed by atoms with van der Waals surface area (Å²) in [7, 11) is 0. The van der Waals surface area contributed by atoms with Gasteiger partial charge in [-0.2, -0.15) is 0 Å². The van der Waals surface area contributed by atoms with Gasteiger partial charge in [0.15, 0.2) is 5.90 Å². The molecule has 1 fully saturated rings. The normalized spacial score (nSPS) is 23.0. The number of aliphatic imine (C=N–C) groups is 1. The van der Waals surface area contributed by atoms with Crippen LogP contribution in [0, 0.1) is 0 Å². The average Bonchev–Trinajstić information content (AvgIpc) is 2.48. The molecule has 0 aromatic heterocycles. The van der Waals surface area contributed by atoms with Crippen LogP contribution in [-0.2, 0) is 4.74 Å². The smallest absolute Gasteiger partial charge is 0.191 e. The molecule has 0 spiro atoms. The second kappa shape index (κ2) is 4.99. The fourth-order valence-electron chi connectivity index (χ4n) is 1.93. The van der Waals surface area contributed by atoms with Gasteiger partial charge in [-0.3, -0.25) is 0 Å². The fourth-order valence-corrected chi connectivity index (χ4v) is 1.93. The molecule has 0 saturated heterocycles. The number of hydrogen-bond donors (Lipinski definition) is 0. The molecule has 1 saturated carbocycles. The molecule has 0 aromatic carbocycles. The van der Waals surface area contributed by atoms with E-state index in [-0.39, 0.29) is 0 Å². The van der Waals surface area contributed by atoms with Crippen LogP contribution in [-0.4, -0.2) is 12.0 Å². The first-order valence-electron chi connectivity index (χ1n) is 5.50.